The molecule has 4 heterocycles. The molecule has 0 unspecified atom stereocenters. The molecule has 5 rings (SSSR count). The molecule has 1 aliphatic carbocycles. The monoisotopic (exact) mass is 322 g/mol. The highest BCUT2D eigenvalue weighted by Gasteiger charge is 2.24. The van der Waals surface area contributed by atoms with Crippen LogP contribution in [0.25, 0.3) is 27.4 Å². The fraction of sp³-hybridized carbons (Fsp3) is 0.312. The first-order valence-electron chi connectivity index (χ1n) is 7.71. The first-order chi connectivity index (χ1) is 11.3. The van der Waals surface area contributed by atoms with Gasteiger partial charge in [-0.1, -0.05) is 6.92 Å². The van der Waals surface area contributed by atoms with Crippen LogP contribution in [-0.2, 0) is 12.8 Å². The summed E-state index contributed by atoms with van der Waals surface area (Å²) in [7, 11) is 0. The molecule has 0 radical (unpaired) electrons. The van der Waals surface area contributed by atoms with E-state index in [2.05, 4.69) is 32.1 Å². The number of aryl methyl sites for hydroxylation is 1. The molecular formula is C16H14N6S. The molecule has 4 aromatic rings. The molecule has 23 heavy (non-hydrogen) atoms. The van der Waals surface area contributed by atoms with Gasteiger partial charge in [-0.15, -0.1) is 21.5 Å². The number of hydrogen-bond acceptors (Lipinski definition) is 6. The summed E-state index contributed by atoms with van der Waals surface area (Å²) in [5.41, 5.74) is 3.00. The molecule has 0 amide bonds. The largest absolute Gasteiger partial charge is 0.263 e. The van der Waals surface area contributed by atoms with Crippen LogP contribution >= 0.6 is 11.3 Å². The van der Waals surface area contributed by atoms with Crippen molar-refractivity contribution in [1.82, 2.24) is 29.5 Å². The third kappa shape index (κ3) is 1.89. The van der Waals surface area contributed by atoms with Gasteiger partial charge in [0.15, 0.2) is 11.5 Å². The summed E-state index contributed by atoms with van der Waals surface area (Å²) in [4.78, 5) is 15.6. The molecule has 1 atom stereocenters. The Hall–Kier alpha value is -2.41. The summed E-state index contributed by atoms with van der Waals surface area (Å²) in [6.45, 7) is 2.31. The standard InChI is InChI=1S/C16H14N6S/c1-9-2-3-12-10(6-9)13-15-21-20-14(11-7-17-4-5-18-11)22(15)8-19-16(13)23-12/h4-5,7-9H,2-3,6H2,1H3/t9-/m1/s1. The van der Waals surface area contributed by atoms with Crippen molar-refractivity contribution >= 4 is 27.2 Å². The fourth-order valence-electron chi connectivity index (χ4n) is 3.34. The van der Waals surface area contributed by atoms with E-state index in [1.165, 1.54) is 22.2 Å². The van der Waals surface area contributed by atoms with E-state index in [0.29, 0.717) is 17.4 Å². The molecule has 0 aliphatic heterocycles. The Morgan fingerprint density at radius 1 is 1.22 bits per heavy atom. The number of thiophene rings is 1. The van der Waals surface area contributed by atoms with E-state index in [4.69, 9.17) is 0 Å². The zero-order valence-electron chi connectivity index (χ0n) is 12.6. The van der Waals surface area contributed by atoms with Gasteiger partial charge in [0.25, 0.3) is 0 Å². The predicted octanol–water partition coefficient (Wildman–Crippen LogP) is 2.92. The minimum Gasteiger partial charge on any atom is -0.263 e. The quantitative estimate of drug-likeness (QED) is 0.539. The highest BCUT2D eigenvalue weighted by molar-refractivity contribution is 7.19. The molecule has 114 valence electrons. The molecule has 7 heteroatoms. The van der Waals surface area contributed by atoms with Crippen LogP contribution in [0.5, 0.6) is 0 Å². The SMILES string of the molecule is C[C@@H]1CCc2sc3ncn4c(-c5cnccn5)nnc4c3c2C1. The number of rotatable bonds is 1. The first kappa shape index (κ1) is 13.1. The van der Waals surface area contributed by atoms with Crippen molar-refractivity contribution in [2.24, 2.45) is 5.92 Å². The Balaban J connectivity index is 1.81. The molecule has 0 N–H and O–H groups in total. The second-order valence-electron chi connectivity index (χ2n) is 6.08. The Morgan fingerprint density at radius 2 is 2.17 bits per heavy atom. The lowest BCUT2D eigenvalue weighted by molar-refractivity contribution is 0.508. The van der Waals surface area contributed by atoms with Crippen molar-refractivity contribution in [1.29, 1.82) is 0 Å². The van der Waals surface area contributed by atoms with Crippen LogP contribution in [0.4, 0.5) is 0 Å². The van der Waals surface area contributed by atoms with Gasteiger partial charge in [-0.2, -0.15) is 0 Å². The average Bonchev–Trinajstić information content (AvgIpc) is 3.16. The predicted molar refractivity (Wildman–Crippen MR) is 88.4 cm³/mol. The van der Waals surface area contributed by atoms with Gasteiger partial charge in [-0.05, 0) is 30.7 Å². The van der Waals surface area contributed by atoms with Crippen molar-refractivity contribution in [3.8, 4) is 11.5 Å². The van der Waals surface area contributed by atoms with Crippen molar-refractivity contribution in [3.63, 3.8) is 0 Å². The van der Waals surface area contributed by atoms with Gasteiger partial charge in [0.1, 0.15) is 16.9 Å². The van der Waals surface area contributed by atoms with E-state index >= 15 is 0 Å². The van der Waals surface area contributed by atoms with Crippen LogP contribution in [0.3, 0.4) is 0 Å². The van der Waals surface area contributed by atoms with Crippen LogP contribution in [0.2, 0.25) is 0 Å². The highest BCUT2D eigenvalue weighted by Crippen LogP contribution is 2.38. The molecule has 1 aliphatic rings. The molecule has 0 aromatic carbocycles. The molecule has 6 nitrogen and oxygen atoms in total. The molecule has 0 saturated heterocycles. The van der Waals surface area contributed by atoms with Crippen LogP contribution < -0.4 is 0 Å². The normalized spacial score (nSPS) is 17.7. The van der Waals surface area contributed by atoms with Gasteiger partial charge < -0.3 is 0 Å². The Morgan fingerprint density at radius 3 is 3.04 bits per heavy atom. The maximum atomic E-state index is 4.65. The minimum absolute atomic E-state index is 0.686. The van der Waals surface area contributed by atoms with Gasteiger partial charge >= 0.3 is 0 Å². The highest BCUT2D eigenvalue weighted by atomic mass is 32.1. The lowest BCUT2D eigenvalue weighted by atomic mass is 9.89. The maximum absolute atomic E-state index is 4.65. The summed E-state index contributed by atoms with van der Waals surface area (Å²) in [5, 5.41) is 9.95. The lowest BCUT2D eigenvalue weighted by Crippen LogP contribution is -2.09. The summed E-state index contributed by atoms with van der Waals surface area (Å²) < 4.78 is 1.93. The third-order valence-corrected chi connectivity index (χ3v) is 5.69. The average molecular weight is 322 g/mol. The van der Waals surface area contributed by atoms with E-state index in [-0.39, 0.29) is 0 Å². The van der Waals surface area contributed by atoms with Crippen LogP contribution in [0.1, 0.15) is 23.8 Å². The molecule has 0 spiro atoms. The molecule has 0 saturated carbocycles. The summed E-state index contributed by atoms with van der Waals surface area (Å²) >= 11 is 1.80. The second-order valence-corrected chi connectivity index (χ2v) is 7.17. The number of hydrogen-bond donors (Lipinski definition) is 0. The van der Waals surface area contributed by atoms with E-state index < -0.39 is 0 Å². The number of aromatic nitrogens is 6. The fourth-order valence-corrected chi connectivity index (χ4v) is 4.51. The molecule has 0 bridgehead atoms. The Labute approximate surface area is 136 Å². The van der Waals surface area contributed by atoms with Crippen molar-refractivity contribution in [2.75, 3.05) is 0 Å². The zero-order valence-corrected chi connectivity index (χ0v) is 13.4. The summed E-state index contributed by atoms with van der Waals surface area (Å²) in [6.07, 6.45) is 10.3. The van der Waals surface area contributed by atoms with Crippen molar-refractivity contribution < 1.29 is 0 Å². The molecule has 4 aromatic heterocycles. The zero-order chi connectivity index (χ0) is 15.4. The smallest absolute Gasteiger partial charge is 0.189 e. The van der Waals surface area contributed by atoms with Crippen molar-refractivity contribution in [2.45, 2.75) is 26.2 Å². The Bertz CT molecular complexity index is 1020. The second kappa shape index (κ2) is 4.79. The van der Waals surface area contributed by atoms with E-state index in [0.717, 1.165) is 23.3 Å². The van der Waals surface area contributed by atoms with E-state index in [1.807, 2.05) is 4.40 Å². The topological polar surface area (TPSA) is 68.9 Å². The van der Waals surface area contributed by atoms with Crippen molar-refractivity contribution in [3.05, 3.63) is 35.4 Å². The minimum atomic E-state index is 0.686. The van der Waals surface area contributed by atoms with E-state index in [1.54, 1.807) is 36.3 Å². The molecule has 0 fully saturated rings. The Kier molecular flexibility index (Phi) is 2.72. The van der Waals surface area contributed by atoms with Gasteiger partial charge in [0.2, 0.25) is 0 Å². The number of nitrogens with zero attached hydrogens (tertiary/aromatic N) is 6. The van der Waals surface area contributed by atoms with Gasteiger partial charge in [0, 0.05) is 17.3 Å². The molecular weight excluding hydrogens is 308 g/mol. The van der Waals surface area contributed by atoms with Crippen LogP contribution in [0.15, 0.2) is 24.9 Å². The lowest BCUT2D eigenvalue weighted by Gasteiger charge is -2.17. The summed E-state index contributed by atoms with van der Waals surface area (Å²) in [5.74, 6) is 1.40. The van der Waals surface area contributed by atoms with Gasteiger partial charge in [-0.25, -0.2) is 9.97 Å². The van der Waals surface area contributed by atoms with E-state index in [9.17, 15) is 0 Å². The third-order valence-electron chi connectivity index (χ3n) is 4.49. The van der Waals surface area contributed by atoms with Crippen LogP contribution in [0, 0.1) is 5.92 Å². The number of fused-ring (bicyclic) bond motifs is 5. The summed E-state index contributed by atoms with van der Waals surface area (Å²) in [6, 6.07) is 0. The van der Waals surface area contributed by atoms with Gasteiger partial charge in [0.05, 0.1) is 11.6 Å². The van der Waals surface area contributed by atoms with Crippen LogP contribution in [-0.4, -0.2) is 29.5 Å². The maximum Gasteiger partial charge on any atom is 0.189 e. The first-order valence-corrected chi connectivity index (χ1v) is 8.53. The van der Waals surface area contributed by atoms with Gasteiger partial charge in [-0.3, -0.25) is 9.38 Å².